The van der Waals surface area contributed by atoms with E-state index in [1.165, 1.54) is 0 Å². The van der Waals surface area contributed by atoms with Crippen LogP contribution in [0.25, 0.3) is 22.6 Å². The van der Waals surface area contributed by atoms with E-state index in [2.05, 4.69) is 10.3 Å². The molecule has 1 saturated heterocycles. The SMILES string of the molecule is CC(C(=O)Nc1cccc(Cl)c1)C1CCN(C(=O)c2ccc3oc(-c4ccccc4)nc3c2)CC1. The van der Waals surface area contributed by atoms with Crippen LogP contribution in [0.15, 0.2) is 77.2 Å². The highest BCUT2D eigenvalue weighted by Crippen LogP contribution is 2.29. The lowest BCUT2D eigenvalue weighted by atomic mass is 9.84. The lowest BCUT2D eigenvalue weighted by molar-refractivity contribution is -0.121. The molecule has 2 heterocycles. The molecule has 1 fully saturated rings. The Morgan fingerprint density at radius 3 is 2.54 bits per heavy atom. The number of nitrogens with one attached hydrogen (secondary N) is 1. The monoisotopic (exact) mass is 487 g/mol. The van der Waals surface area contributed by atoms with Crippen molar-refractivity contribution in [1.29, 1.82) is 0 Å². The van der Waals surface area contributed by atoms with Gasteiger partial charge in [0.2, 0.25) is 11.8 Å². The van der Waals surface area contributed by atoms with Crippen LogP contribution in [0.4, 0.5) is 5.69 Å². The summed E-state index contributed by atoms with van der Waals surface area (Å²) in [5.74, 6) is 0.545. The van der Waals surface area contributed by atoms with Crippen LogP contribution in [0, 0.1) is 11.8 Å². The molecule has 0 bridgehead atoms. The van der Waals surface area contributed by atoms with E-state index < -0.39 is 0 Å². The van der Waals surface area contributed by atoms with Gasteiger partial charge in [-0.05, 0) is 67.3 Å². The van der Waals surface area contributed by atoms with Crippen LogP contribution in [0.5, 0.6) is 0 Å². The van der Waals surface area contributed by atoms with Crippen molar-refractivity contribution in [1.82, 2.24) is 9.88 Å². The number of benzene rings is 3. The number of nitrogens with zero attached hydrogens (tertiary/aromatic N) is 2. The van der Waals surface area contributed by atoms with Crippen LogP contribution in [-0.4, -0.2) is 34.8 Å². The maximum absolute atomic E-state index is 13.2. The molecule has 2 amide bonds. The lowest BCUT2D eigenvalue weighted by Gasteiger charge is -2.34. The Morgan fingerprint density at radius 1 is 1.03 bits per heavy atom. The number of fused-ring (bicyclic) bond motifs is 1. The van der Waals surface area contributed by atoms with Crippen LogP contribution in [0.1, 0.15) is 30.1 Å². The first-order valence-electron chi connectivity index (χ1n) is 11.8. The number of hydrogen-bond donors (Lipinski definition) is 1. The van der Waals surface area contributed by atoms with Crippen LogP contribution >= 0.6 is 11.6 Å². The van der Waals surface area contributed by atoms with E-state index in [-0.39, 0.29) is 23.7 Å². The number of anilines is 1. The number of amides is 2. The number of oxazole rings is 1. The number of likely N-dealkylation sites (tertiary alicyclic amines) is 1. The zero-order valence-electron chi connectivity index (χ0n) is 19.4. The summed E-state index contributed by atoms with van der Waals surface area (Å²) in [6, 6.07) is 22.2. The fraction of sp³-hybridized carbons (Fsp3) is 0.250. The molecule has 1 unspecified atom stereocenters. The minimum atomic E-state index is -0.158. The van der Waals surface area contributed by atoms with Crippen molar-refractivity contribution in [3.05, 3.63) is 83.4 Å². The molecule has 0 radical (unpaired) electrons. The molecule has 7 heteroatoms. The average molecular weight is 488 g/mol. The molecule has 0 saturated carbocycles. The van der Waals surface area contributed by atoms with Crippen molar-refractivity contribution in [3.8, 4) is 11.5 Å². The summed E-state index contributed by atoms with van der Waals surface area (Å²) in [5, 5.41) is 3.54. The molecule has 5 rings (SSSR count). The number of halogens is 1. The van der Waals surface area contributed by atoms with E-state index >= 15 is 0 Å². The number of aromatic nitrogens is 1. The van der Waals surface area contributed by atoms with E-state index in [0.717, 1.165) is 18.4 Å². The van der Waals surface area contributed by atoms with Gasteiger partial charge in [0.1, 0.15) is 5.52 Å². The third kappa shape index (κ3) is 5.08. The van der Waals surface area contributed by atoms with Crippen molar-refractivity contribution in [2.24, 2.45) is 11.8 Å². The Balaban J connectivity index is 1.21. The molecule has 35 heavy (non-hydrogen) atoms. The molecule has 0 spiro atoms. The predicted molar refractivity (Wildman–Crippen MR) is 137 cm³/mol. The Labute approximate surface area is 208 Å². The van der Waals surface area contributed by atoms with E-state index in [9.17, 15) is 9.59 Å². The largest absolute Gasteiger partial charge is 0.436 e. The second-order valence-electron chi connectivity index (χ2n) is 8.99. The number of carbonyl (C=O) groups excluding carboxylic acids is 2. The van der Waals surface area contributed by atoms with Crippen molar-refractivity contribution in [2.45, 2.75) is 19.8 Å². The highest BCUT2D eigenvalue weighted by atomic mass is 35.5. The molecule has 4 aromatic rings. The quantitative estimate of drug-likeness (QED) is 0.359. The topological polar surface area (TPSA) is 75.4 Å². The summed E-state index contributed by atoms with van der Waals surface area (Å²) in [6.07, 6.45) is 1.56. The summed E-state index contributed by atoms with van der Waals surface area (Å²) in [4.78, 5) is 32.4. The molecule has 3 aromatic carbocycles. The lowest BCUT2D eigenvalue weighted by Crippen LogP contribution is -2.41. The molecule has 1 aliphatic rings. The first-order valence-corrected chi connectivity index (χ1v) is 12.2. The summed E-state index contributed by atoms with van der Waals surface area (Å²) >= 11 is 6.02. The maximum Gasteiger partial charge on any atom is 0.253 e. The van der Waals surface area contributed by atoms with Crippen molar-refractivity contribution >= 4 is 40.2 Å². The summed E-state index contributed by atoms with van der Waals surface area (Å²) in [7, 11) is 0. The van der Waals surface area contributed by atoms with Gasteiger partial charge >= 0.3 is 0 Å². The summed E-state index contributed by atoms with van der Waals surface area (Å²) in [6.45, 7) is 3.18. The Kier molecular flexibility index (Phi) is 6.55. The van der Waals surface area contributed by atoms with Crippen molar-refractivity contribution < 1.29 is 14.0 Å². The van der Waals surface area contributed by atoms with E-state index in [1.807, 2.05) is 54.3 Å². The Morgan fingerprint density at radius 2 is 1.80 bits per heavy atom. The van der Waals surface area contributed by atoms with Gasteiger partial charge in [-0.25, -0.2) is 4.98 Å². The van der Waals surface area contributed by atoms with E-state index in [1.54, 1.807) is 30.3 Å². The smallest absolute Gasteiger partial charge is 0.253 e. The van der Waals surface area contributed by atoms with Gasteiger partial charge in [0, 0.05) is 40.8 Å². The van der Waals surface area contributed by atoms with E-state index in [4.69, 9.17) is 16.0 Å². The third-order valence-electron chi connectivity index (χ3n) is 6.69. The van der Waals surface area contributed by atoms with Gasteiger partial charge in [0.05, 0.1) is 0 Å². The first kappa shape index (κ1) is 23.1. The third-order valence-corrected chi connectivity index (χ3v) is 6.93. The van der Waals surface area contributed by atoms with Gasteiger partial charge in [0.25, 0.3) is 5.91 Å². The van der Waals surface area contributed by atoms with Crippen LogP contribution in [-0.2, 0) is 4.79 Å². The number of carbonyl (C=O) groups is 2. The molecule has 1 N–H and O–H groups in total. The minimum absolute atomic E-state index is 0.0226. The zero-order valence-corrected chi connectivity index (χ0v) is 20.2. The fourth-order valence-corrected chi connectivity index (χ4v) is 4.78. The standard InChI is InChI=1S/C28H26ClN3O3/c1-18(26(33)30-23-9-5-8-22(29)17-23)19-12-14-32(15-13-19)28(34)21-10-11-25-24(16-21)31-27(35-25)20-6-3-2-4-7-20/h2-11,16-19H,12-15H2,1H3,(H,30,33). The van der Waals surface area contributed by atoms with Crippen LogP contribution in [0.3, 0.4) is 0 Å². The average Bonchev–Trinajstić information content (AvgIpc) is 3.32. The van der Waals surface area contributed by atoms with E-state index in [0.29, 0.717) is 46.4 Å². The van der Waals surface area contributed by atoms with Crippen LogP contribution in [0.2, 0.25) is 5.02 Å². The number of hydrogen-bond acceptors (Lipinski definition) is 4. The molecule has 1 atom stereocenters. The highest BCUT2D eigenvalue weighted by molar-refractivity contribution is 6.30. The second-order valence-corrected chi connectivity index (χ2v) is 9.42. The van der Waals surface area contributed by atoms with Gasteiger partial charge < -0.3 is 14.6 Å². The van der Waals surface area contributed by atoms with Gasteiger partial charge in [0.15, 0.2) is 5.58 Å². The Hall–Kier alpha value is -3.64. The molecular formula is C28H26ClN3O3. The Bertz CT molecular complexity index is 1360. The molecule has 178 valence electrons. The van der Waals surface area contributed by atoms with Gasteiger partial charge in [-0.2, -0.15) is 0 Å². The number of rotatable bonds is 5. The van der Waals surface area contributed by atoms with Gasteiger partial charge in [-0.3, -0.25) is 9.59 Å². The van der Waals surface area contributed by atoms with Crippen molar-refractivity contribution in [2.75, 3.05) is 18.4 Å². The zero-order chi connectivity index (χ0) is 24.4. The number of piperidine rings is 1. The maximum atomic E-state index is 13.2. The molecule has 0 aliphatic carbocycles. The summed E-state index contributed by atoms with van der Waals surface area (Å²) in [5.41, 5.74) is 3.50. The normalized spacial score (nSPS) is 15.2. The van der Waals surface area contributed by atoms with Gasteiger partial charge in [-0.15, -0.1) is 0 Å². The molecule has 1 aromatic heterocycles. The molecule has 1 aliphatic heterocycles. The van der Waals surface area contributed by atoms with Crippen LogP contribution < -0.4 is 5.32 Å². The first-order chi connectivity index (χ1) is 17.0. The minimum Gasteiger partial charge on any atom is -0.436 e. The van der Waals surface area contributed by atoms with Gasteiger partial charge in [-0.1, -0.05) is 42.8 Å². The fourth-order valence-electron chi connectivity index (χ4n) is 4.59. The molecular weight excluding hydrogens is 462 g/mol. The highest BCUT2D eigenvalue weighted by Gasteiger charge is 2.30. The second kappa shape index (κ2) is 9.92. The van der Waals surface area contributed by atoms with Crippen molar-refractivity contribution in [3.63, 3.8) is 0 Å². The predicted octanol–water partition coefficient (Wildman–Crippen LogP) is 6.28. The summed E-state index contributed by atoms with van der Waals surface area (Å²) < 4.78 is 5.87. The molecule has 6 nitrogen and oxygen atoms in total.